The van der Waals surface area contributed by atoms with Gasteiger partial charge in [-0.1, -0.05) is 25.4 Å². The third kappa shape index (κ3) is 3.43. The zero-order valence-electron chi connectivity index (χ0n) is 10.5. The molecule has 18 heavy (non-hydrogen) atoms. The van der Waals surface area contributed by atoms with Gasteiger partial charge in [0.1, 0.15) is 0 Å². The molecule has 2 rings (SSSR count). The Morgan fingerprint density at radius 3 is 2.67 bits per heavy atom. The van der Waals surface area contributed by atoms with Crippen LogP contribution in [0.5, 0.6) is 0 Å². The maximum absolute atomic E-state index is 5.73. The fraction of sp³-hybridized carbons (Fsp3) is 0.417. The van der Waals surface area contributed by atoms with Crippen molar-refractivity contribution in [1.29, 1.82) is 0 Å². The van der Waals surface area contributed by atoms with Crippen LogP contribution in [0.2, 0.25) is 5.02 Å². The van der Waals surface area contributed by atoms with Crippen molar-refractivity contribution in [2.75, 3.05) is 5.32 Å². The minimum Gasteiger partial charge on any atom is -0.349 e. The van der Waals surface area contributed by atoms with E-state index >= 15 is 0 Å². The highest BCUT2D eigenvalue weighted by Crippen LogP contribution is 2.08. The average Bonchev–Trinajstić information content (AvgIpc) is 2.75. The van der Waals surface area contributed by atoms with Crippen LogP contribution in [0.3, 0.4) is 0 Å². The van der Waals surface area contributed by atoms with E-state index in [-0.39, 0.29) is 0 Å². The number of imidazole rings is 1. The second-order valence-electron chi connectivity index (χ2n) is 4.51. The van der Waals surface area contributed by atoms with E-state index in [1.165, 1.54) is 0 Å². The molecule has 2 aromatic rings. The van der Waals surface area contributed by atoms with Crippen molar-refractivity contribution in [1.82, 2.24) is 19.5 Å². The second kappa shape index (κ2) is 5.82. The summed E-state index contributed by atoms with van der Waals surface area (Å²) < 4.78 is 2.13. The maximum Gasteiger partial charge on any atom is 0.222 e. The molecule has 0 aliphatic rings. The van der Waals surface area contributed by atoms with Crippen molar-refractivity contribution in [2.45, 2.75) is 26.9 Å². The summed E-state index contributed by atoms with van der Waals surface area (Å²) in [5.74, 6) is 1.15. The van der Waals surface area contributed by atoms with Crippen molar-refractivity contribution in [3.05, 3.63) is 35.6 Å². The van der Waals surface area contributed by atoms with E-state index in [2.05, 4.69) is 38.7 Å². The zero-order valence-corrected chi connectivity index (χ0v) is 11.2. The van der Waals surface area contributed by atoms with Gasteiger partial charge in [0.2, 0.25) is 5.95 Å². The minimum atomic E-state index is 0.533. The molecule has 0 aromatic carbocycles. The second-order valence-corrected chi connectivity index (χ2v) is 4.95. The largest absolute Gasteiger partial charge is 0.349 e. The predicted molar refractivity (Wildman–Crippen MR) is 71.4 cm³/mol. The standard InChI is InChI=1S/C12H16ClN5/c1-9(2)7-18-8-14-5-11(18)6-17-12-15-3-10(13)4-16-12/h3-5,8-9H,6-7H2,1-2H3,(H,15,16,17). The number of rotatable bonds is 5. The predicted octanol–water partition coefficient (Wildman–Crippen LogP) is 2.59. The van der Waals surface area contributed by atoms with Crippen molar-refractivity contribution < 1.29 is 0 Å². The van der Waals surface area contributed by atoms with Crippen molar-refractivity contribution in [3.63, 3.8) is 0 Å². The Morgan fingerprint density at radius 1 is 1.28 bits per heavy atom. The lowest BCUT2D eigenvalue weighted by molar-refractivity contribution is 0.511. The normalized spacial score (nSPS) is 10.9. The lowest BCUT2D eigenvalue weighted by Gasteiger charge is -2.11. The summed E-state index contributed by atoms with van der Waals surface area (Å²) in [7, 11) is 0. The molecule has 96 valence electrons. The van der Waals surface area contributed by atoms with Crippen LogP contribution in [0.1, 0.15) is 19.5 Å². The van der Waals surface area contributed by atoms with E-state index in [1.807, 2.05) is 12.5 Å². The summed E-state index contributed by atoms with van der Waals surface area (Å²) in [4.78, 5) is 12.3. The molecular weight excluding hydrogens is 250 g/mol. The molecule has 0 bridgehead atoms. The Labute approximate surface area is 111 Å². The molecule has 2 heterocycles. The van der Waals surface area contributed by atoms with Crippen LogP contribution in [0, 0.1) is 5.92 Å². The highest BCUT2D eigenvalue weighted by atomic mass is 35.5. The first-order valence-electron chi connectivity index (χ1n) is 5.85. The Bertz CT molecular complexity index is 491. The van der Waals surface area contributed by atoms with Gasteiger partial charge in [-0.05, 0) is 5.92 Å². The summed E-state index contributed by atoms with van der Waals surface area (Å²) in [6.45, 7) is 5.96. The molecule has 0 fully saturated rings. The topological polar surface area (TPSA) is 55.6 Å². The third-order valence-electron chi connectivity index (χ3n) is 2.41. The van der Waals surface area contributed by atoms with Gasteiger partial charge in [-0.2, -0.15) is 0 Å². The Balaban J connectivity index is 1.97. The lowest BCUT2D eigenvalue weighted by atomic mass is 10.2. The van der Waals surface area contributed by atoms with Crippen molar-refractivity contribution in [3.8, 4) is 0 Å². The number of anilines is 1. The van der Waals surface area contributed by atoms with Crippen molar-refractivity contribution in [2.24, 2.45) is 5.92 Å². The first-order chi connectivity index (χ1) is 8.65. The molecule has 5 nitrogen and oxygen atoms in total. The highest BCUT2D eigenvalue weighted by Gasteiger charge is 2.04. The number of hydrogen-bond acceptors (Lipinski definition) is 4. The van der Waals surface area contributed by atoms with Crippen LogP contribution in [0.4, 0.5) is 5.95 Å². The fourth-order valence-electron chi connectivity index (χ4n) is 1.63. The molecule has 6 heteroatoms. The summed E-state index contributed by atoms with van der Waals surface area (Å²) >= 11 is 5.73. The molecule has 0 atom stereocenters. The zero-order chi connectivity index (χ0) is 13.0. The fourth-order valence-corrected chi connectivity index (χ4v) is 1.72. The number of nitrogens with zero attached hydrogens (tertiary/aromatic N) is 4. The molecule has 0 aliphatic carbocycles. The summed E-state index contributed by atoms with van der Waals surface area (Å²) in [6.07, 6.45) is 6.84. The van der Waals surface area contributed by atoms with Crippen molar-refractivity contribution >= 4 is 17.5 Å². The van der Waals surface area contributed by atoms with Gasteiger partial charge in [-0.25, -0.2) is 15.0 Å². The number of hydrogen-bond donors (Lipinski definition) is 1. The third-order valence-corrected chi connectivity index (χ3v) is 2.60. The molecule has 0 unspecified atom stereocenters. The van der Waals surface area contributed by atoms with E-state index in [0.717, 1.165) is 12.2 Å². The highest BCUT2D eigenvalue weighted by molar-refractivity contribution is 6.30. The van der Waals surface area contributed by atoms with E-state index < -0.39 is 0 Å². The van der Waals surface area contributed by atoms with E-state index in [0.29, 0.717) is 23.4 Å². The Hall–Kier alpha value is -1.62. The van der Waals surface area contributed by atoms with Gasteiger partial charge >= 0.3 is 0 Å². The number of halogens is 1. The Kier molecular flexibility index (Phi) is 4.15. The van der Waals surface area contributed by atoms with Gasteiger partial charge in [-0.3, -0.25) is 0 Å². The van der Waals surface area contributed by atoms with Crippen LogP contribution in [0.25, 0.3) is 0 Å². The molecular formula is C12H16ClN5. The van der Waals surface area contributed by atoms with Gasteiger partial charge in [0.05, 0.1) is 36.0 Å². The van der Waals surface area contributed by atoms with Crippen LogP contribution < -0.4 is 5.32 Å². The lowest BCUT2D eigenvalue weighted by Crippen LogP contribution is -2.11. The van der Waals surface area contributed by atoms with Crippen LogP contribution in [-0.2, 0) is 13.1 Å². The first-order valence-corrected chi connectivity index (χ1v) is 6.23. The smallest absolute Gasteiger partial charge is 0.222 e. The van der Waals surface area contributed by atoms with E-state index in [9.17, 15) is 0 Å². The van der Waals surface area contributed by atoms with E-state index in [1.54, 1.807) is 12.4 Å². The summed E-state index contributed by atoms with van der Waals surface area (Å²) in [6, 6.07) is 0. The van der Waals surface area contributed by atoms with Gasteiger partial charge < -0.3 is 9.88 Å². The monoisotopic (exact) mass is 265 g/mol. The first kappa shape index (κ1) is 12.8. The SMILES string of the molecule is CC(C)Cn1cncc1CNc1ncc(Cl)cn1. The molecule has 0 saturated carbocycles. The van der Waals surface area contributed by atoms with Gasteiger partial charge in [0.15, 0.2) is 0 Å². The molecule has 0 amide bonds. The van der Waals surface area contributed by atoms with Gasteiger partial charge in [0.25, 0.3) is 0 Å². The number of nitrogens with one attached hydrogen (secondary N) is 1. The number of aromatic nitrogens is 4. The molecule has 2 aromatic heterocycles. The molecule has 0 spiro atoms. The average molecular weight is 266 g/mol. The van der Waals surface area contributed by atoms with Crippen LogP contribution in [0.15, 0.2) is 24.9 Å². The Morgan fingerprint density at radius 2 is 2.00 bits per heavy atom. The van der Waals surface area contributed by atoms with Crippen LogP contribution >= 0.6 is 11.6 Å². The maximum atomic E-state index is 5.73. The molecule has 0 aliphatic heterocycles. The quantitative estimate of drug-likeness (QED) is 0.903. The van der Waals surface area contributed by atoms with Crippen LogP contribution in [-0.4, -0.2) is 19.5 Å². The van der Waals surface area contributed by atoms with E-state index in [4.69, 9.17) is 11.6 Å². The van der Waals surface area contributed by atoms with Gasteiger partial charge in [-0.15, -0.1) is 0 Å². The molecule has 1 N–H and O–H groups in total. The minimum absolute atomic E-state index is 0.533. The molecule has 0 radical (unpaired) electrons. The summed E-state index contributed by atoms with van der Waals surface area (Å²) in [5, 5.41) is 3.68. The summed E-state index contributed by atoms with van der Waals surface area (Å²) in [5.41, 5.74) is 1.11. The van der Waals surface area contributed by atoms with Gasteiger partial charge in [0, 0.05) is 12.7 Å². The molecule has 0 saturated heterocycles.